The fourth-order valence-electron chi connectivity index (χ4n) is 3.39. The molecule has 146 valence electrons. The molecule has 0 radical (unpaired) electrons. The summed E-state index contributed by atoms with van der Waals surface area (Å²) in [5.74, 6) is 1.40. The highest BCUT2D eigenvalue weighted by Crippen LogP contribution is 2.39. The second-order valence-corrected chi connectivity index (χ2v) is 8.52. The molecule has 8 heteroatoms. The van der Waals surface area contributed by atoms with Crippen LogP contribution in [0.3, 0.4) is 0 Å². The first-order valence-electron chi connectivity index (χ1n) is 9.09. The van der Waals surface area contributed by atoms with E-state index in [0.29, 0.717) is 17.2 Å². The number of amides is 1. The van der Waals surface area contributed by atoms with Crippen LogP contribution in [0.1, 0.15) is 23.3 Å². The quantitative estimate of drug-likeness (QED) is 0.477. The molecule has 0 spiro atoms. The van der Waals surface area contributed by atoms with E-state index in [9.17, 15) is 4.79 Å². The summed E-state index contributed by atoms with van der Waals surface area (Å²) in [5, 5.41) is 4.94. The SMILES string of the molecule is COc1ccc(NC(=O)CSc2ncnc3sc4c(c23)CCCC4)c(OC)c1. The van der Waals surface area contributed by atoms with E-state index in [2.05, 4.69) is 15.3 Å². The van der Waals surface area contributed by atoms with Crippen molar-refractivity contribution in [1.29, 1.82) is 0 Å². The molecule has 0 saturated carbocycles. The Morgan fingerprint density at radius 3 is 2.89 bits per heavy atom. The van der Waals surface area contributed by atoms with Gasteiger partial charge in [0.15, 0.2) is 0 Å². The molecule has 1 aromatic carbocycles. The normalized spacial score (nSPS) is 13.2. The summed E-state index contributed by atoms with van der Waals surface area (Å²) in [7, 11) is 3.16. The van der Waals surface area contributed by atoms with Crippen LogP contribution in [0.25, 0.3) is 10.2 Å². The second-order valence-electron chi connectivity index (χ2n) is 6.47. The predicted molar refractivity (Wildman–Crippen MR) is 113 cm³/mol. The van der Waals surface area contributed by atoms with Crippen molar-refractivity contribution in [2.45, 2.75) is 30.7 Å². The van der Waals surface area contributed by atoms with Crippen molar-refractivity contribution in [3.8, 4) is 11.5 Å². The first-order valence-corrected chi connectivity index (χ1v) is 10.9. The van der Waals surface area contributed by atoms with Crippen LogP contribution in [0.2, 0.25) is 0 Å². The van der Waals surface area contributed by atoms with Crippen molar-refractivity contribution in [1.82, 2.24) is 9.97 Å². The lowest BCUT2D eigenvalue weighted by molar-refractivity contribution is -0.113. The summed E-state index contributed by atoms with van der Waals surface area (Å²) in [6, 6.07) is 5.31. The predicted octanol–water partition coefficient (Wildman–Crippen LogP) is 4.32. The Hall–Kier alpha value is -2.32. The summed E-state index contributed by atoms with van der Waals surface area (Å²) < 4.78 is 10.5. The average molecular weight is 416 g/mol. The van der Waals surface area contributed by atoms with Crippen molar-refractivity contribution in [2.75, 3.05) is 25.3 Å². The number of methoxy groups -OCH3 is 2. The maximum absolute atomic E-state index is 12.5. The van der Waals surface area contributed by atoms with Gasteiger partial charge in [0.25, 0.3) is 0 Å². The van der Waals surface area contributed by atoms with E-state index in [0.717, 1.165) is 28.1 Å². The van der Waals surface area contributed by atoms with E-state index in [4.69, 9.17) is 9.47 Å². The number of hydrogen-bond acceptors (Lipinski definition) is 7. The van der Waals surface area contributed by atoms with Gasteiger partial charge in [0, 0.05) is 16.3 Å². The number of thiophene rings is 1. The van der Waals surface area contributed by atoms with Crippen LogP contribution in [-0.2, 0) is 17.6 Å². The van der Waals surface area contributed by atoms with Gasteiger partial charge in [-0.3, -0.25) is 4.79 Å². The topological polar surface area (TPSA) is 73.3 Å². The maximum atomic E-state index is 12.5. The van der Waals surface area contributed by atoms with Gasteiger partial charge in [-0.15, -0.1) is 11.3 Å². The molecule has 1 amide bonds. The number of nitrogens with one attached hydrogen (secondary N) is 1. The van der Waals surface area contributed by atoms with Crippen LogP contribution < -0.4 is 14.8 Å². The van der Waals surface area contributed by atoms with Gasteiger partial charge in [-0.1, -0.05) is 11.8 Å². The van der Waals surface area contributed by atoms with Crippen LogP contribution in [-0.4, -0.2) is 35.8 Å². The molecule has 2 aromatic heterocycles. The van der Waals surface area contributed by atoms with Gasteiger partial charge < -0.3 is 14.8 Å². The number of rotatable bonds is 6. The number of aryl methyl sites for hydroxylation is 2. The highest BCUT2D eigenvalue weighted by atomic mass is 32.2. The first kappa shape index (κ1) is 19.0. The van der Waals surface area contributed by atoms with Crippen LogP contribution in [0.5, 0.6) is 11.5 Å². The summed E-state index contributed by atoms with van der Waals surface area (Å²) in [4.78, 5) is 23.9. The van der Waals surface area contributed by atoms with Gasteiger partial charge in [0.2, 0.25) is 5.91 Å². The van der Waals surface area contributed by atoms with Crippen LogP contribution >= 0.6 is 23.1 Å². The van der Waals surface area contributed by atoms with E-state index in [-0.39, 0.29) is 11.7 Å². The fourth-order valence-corrected chi connectivity index (χ4v) is 5.51. The molecule has 0 saturated heterocycles. The number of benzene rings is 1. The summed E-state index contributed by atoms with van der Waals surface area (Å²) in [5.41, 5.74) is 2.00. The van der Waals surface area contributed by atoms with Gasteiger partial charge in [-0.2, -0.15) is 0 Å². The molecular weight excluding hydrogens is 394 g/mol. The smallest absolute Gasteiger partial charge is 0.234 e. The minimum atomic E-state index is -0.107. The van der Waals surface area contributed by atoms with Crippen molar-refractivity contribution in [3.63, 3.8) is 0 Å². The van der Waals surface area contributed by atoms with E-state index >= 15 is 0 Å². The zero-order valence-corrected chi connectivity index (χ0v) is 17.4. The molecule has 2 heterocycles. The Bertz CT molecular complexity index is 1020. The standard InChI is InChI=1S/C20H21N3O3S2/c1-25-12-7-8-14(15(9-12)26-2)23-17(24)10-27-19-18-13-5-3-4-6-16(13)28-20(18)22-11-21-19/h7-9,11H,3-6,10H2,1-2H3,(H,23,24). The molecule has 1 aliphatic rings. The van der Waals surface area contributed by atoms with Crippen LogP contribution in [0.4, 0.5) is 5.69 Å². The molecule has 3 aromatic rings. The van der Waals surface area contributed by atoms with Gasteiger partial charge in [0.05, 0.1) is 25.7 Å². The fraction of sp³-hybridized carbons (Fsp3) is 0.350. The summed E-state index contributed by atoms with van der Waals surface area (Å²) >= 11 is 3.22. The van der Waals surface area contributed by atoms with Crippen molar-refractivity contribution >= 4 is 44.9 Å². The highest BCUT2D eigenvalue weighted by molar-refractivity contribution is 8.00. The third-order valence-electron chi connectivity index (χ3n) is 4.74. The number of carbonyl (C=O) groups is 1. The molecule has 0 atom stereocenters. The molecule has 1 N–H and O–H groups in total. The van der Waals surface area contributed by atoms with Gasteiger partial charge >= 0.3 is 0 Å². The molecule has 28 heavy (non-hydrogen) atoms. The molecular formula is C20H21N3O3S2. The van der Waals surface area contributed by atoms with Crippen molar-refractivity contribution in [2.24, 2.45) is 0 Å². The Morgan fingerprint density at radius 1 is 1.21 bits per heavy atom. The molecule has 6 nitrogen and oxygen atoms in total. The van der Waals surface area contributed by atoms with Crippen LogP contribution in [0.15, 0.2) is 29.6 Å². The lowest BCUT2D eigenvalue weighted by Gasteiger charge is -2.12. The van der Waals surface area contributed by atoms with Crippen LogP contribution in [0, 0.1) is 0 Å². The minimum Gasteiger partial charge on any atom is -0.497 e. The maximum Gasteiger partial charge on any atom is 0.234 e. The Morgan fingerprint density at radius 2 is 2.07 bits per heavy atom. The molecule has 0 bridgehead atoms. The lowest BCUT2D eigenvalue weighted by Crippen LogP contribution is -2.15. The minimum absolute atomic E-state index is 0.107. The zero-order chi connectivity index (χ0) is 19.5. The van der Waals surface area contributed by atoms with E-state index < -0.39 is 0 Å². The molecule has 0 aliphatic heterocycles. The molecule has 0 unspecified atom stereocenters. The van der Waals surface area contributed by atoms with Crippen molar-refractivity contribution < 1.29 is 14.3 Å². The number of aromatic nitrogens is 2. The molecule has 0 fully saturated rings. The van der Waals surface area contributed by atoms with Gasteiger partial charge in [-0.05, 0) is 43.4 Å². The third-order valence-corrected chi connectivity index (χ3v) is 6.93. The number of hydrogen-bond donors (Lipinski definition) is 1. The Kier molecular flexibility index (Phi) is 5.68. The number of thioether (sulfide) groups is 1. The number of nitrogens with zero attached hydrogens (tertiary/aromatic N) is 2. The average Bonchev–Trinajstić information content (AvgIpc) is 3.11. The monoisotopic (exact) mass is 415 g/mol. The molecule has 1 aliphatic carbocycles. The Balaban J connectivity index is 1.49. The van der Waals surface area contributed by atoms with Gasteiger partial charge in [-0.25, -0.2) is 9.97 Å². The molecule has 4 rings (SSSR count). The lowest BCUT2D eigenvalue weighted by atomic mass is 9.97. The summed E-state index contributed by atoms with van der Waals surface area (Å²) in [6.45, 7) is 0. The van der Waals surface area contributed by atoms with Gasteiger partial charge in [0.1, 0.15) is 27.7 Å². The third kappa shape index (κ3) is 3.79. The number of carbonyl (C=O) groups excluding carboxylic acids is 1. The van der Waals surface area contributed by atoms with E-state index in [1.54, 1.807) is 50.1 Å². The Labute approximate surface area is 171 Å². The second kappa shape index (κ2) is 8.36. The number of fused-ring (bicyclic) bond motifs is 3. The van der Waals surface area contributed by atoms with E-state index in [1.807, 2.05) is 0 Å². The largest absolute Gasteiger partial charge is 0.497 e. The number of ether oxygens (including phenoxy) is 2. The van der Waals surface area contributed by atoms with E-state index in [1.165, 1.54) is 35.0 Å². The number of anilines is 1. The van der Waals surface area contributed by atoms with Crippen molar-refractivity contribution in [3.05, 3.63) is 35.0 Å². The highest BCUT2D eigenvalue weighted by Gasteiger charge is 2.20. The first-order chi connectivity index (χ1) is 13.7. The summed E-state index contributed by atoms with van der Waals surface area (Å²) in [6.07, 6.45) is 6.23. The zero-order valence-electron chi connectivity index (χ0n) is 15.8.